The molecule has 1 aromatic carbocycles. The van der Waals surface area contributed by atoms with Gasteiger partial charge in [-0.2, -0.15) is 0 Å². The molecule has 0 fully saturated rings. The molecule has 0 unspecified atom stereocenters. The van der Waals surface area contributed by atoms with E-state index in [1.165, 1.54) is 0 Å². The first kappa shape index (κ1) is 14.3. The predicted molar refractivity (Wildman–Crippen MR) is 79.3 cm³/mol. The number of hydrogen-bond acceptors (Lipinski definition) is 4. The minimum absolute atomic E-state index is 0.206. The van der Waals surface area contributed by atoms with Crippen molar-refractivity contribution < 1.29 is 14.1 Å². The van der Waals surface area contributed by atoms with Gasteiger partial charge in [-0.15, -0.1) is 0 Å². The zero-order chi connectivity index (χ0) is 13.8. The largest absolute Gasteiger partial charge is 0.377 e. The summed E-state index contributed by atoms with van der Waals surface area (Å²) in [7, 11) is 1.54. The third-order valence-corrected chi connectivity index (χ3v) is 3.39. The zero-order valence-corrected chi connectivity index (χ0v) is 12.9. The minimum atomic E-state index is -0.341. The average Bonchev–Trinajstić information content (AvgIpc) is 2.82. The van der Waals surface area contributed by atoms with E-state index < -0.39 is 0 Å². The molecule has 0 aliphatic rings. The lowest BCUT2D eigenvalue weighted by Gasteiger charge is -2.05. The molecular weight excluding hydrogens is 382 g/mol. The molecule has 5 nitrogen and oxygen atoms in total. The van der Waals surface area contributed by atoms with Crippen LogP contribution in [0.4, 0.5) is 5.69 Å². The van der Waals surface area contributed by atoms with Crippen molar-refractivity contribution in [2.75, 3.05) is 12.4 Å². The van der Waals surface area contributed by atoms with E-state index in [-0.39, 0.29) is 18.2 Å². The number of anilines is 1. The minimum Gasteiger partial charge on any atom is -0.377 e. The van der Waals surface area contributed by atoms with Crippen molar-refractivity contribution in [3.63, 3.8) is 0 Å². The normalized spacial score (nSPS) is 10.5. The van der Waals surface area contributed by atoms with E-state index >= 15 is 0 Å². The van der Waals surface area contributed by atoms with Crippen molar-refractivity contribution >= 4 is 45.8 Å². The number of amides is 1. The number of carbonyl (C=O) groups excluding carboxylic acids is 1. The molecule has 0 spiro atoms. The number of hydrogen-bond donors (Lipinski definition) is 1. The lowest BCUT2D eigenvalue weighted by Crippen LogP contribution is -2.13. The number of nitrogens with one attached hydrogen (secondary N) is 1. The van der Waals surface area contributed by atoms with E-state index in [1.54, 1.807) is 31.4 Å². The Balaban J connectivity index is 2.11. The number of ether oxygens (including phenoxy) is 1. The van der Waals surface area contributed by atoms with Gasteiger partial charge in [-0.1, -0.05) is 16.8 Å². The van der Waals surface area contributed by atoms with Crippen LogP contribution in [0, 0.1) is 3.57 Å². The standard InChI is InChI=1S/C12H10ClIN2O3/c1-18-6-8-5-11(16-19-8)12(17)15-10-3-2-7(13)4-9(10)14/h2-5H,6H2,1H3,(H,15,17). The molecule has 0 aliphatic carbocycles. The number of rotatable bonds is 4. The van der Waals surface area contributed by atoms with Crippen LogP contribution in [0.25, 0.3) is 0 Å². The molecule has 7 heteroatoms. The average molecular weight is 393 g/mol. The fourth-order valence-electron chi connectivity index (χ4n) is 1.41. The number of benzene rings is 1. The maximum atomic E-state index is 12.0. The van der Waals surface area contributed by atoms with E-state index in [1.807, 2.05) is 0 Å². The number of methoxy groups -OCH3 is 1. The molecule has 2 aromatic rings. The topological polar surface area (TPSA) is 64.4 Å². The van der Waals surface area contributed by atoms with Crippen LogP contribution >= 0.6 is 34.2 Å². The lowest BCUT2D eigenvalue weighted by molar-refractivity contribution is 0.101. The number of halogens is 2. The highest BCUT2D eigenvalue weighted by Crippen LogP contribution is 2.22. The fraction of sp³-hybridized carbons (Fsp3) is 0.167. The van der Waals surface area contributed by atoms with E-state index in [0.29, 0.717) is 16.5 Å². The predicted octanol–water partition coefficient (Wildman–Crippen LogP) is 3.33. The first-order valence-electron chi connectivity index (χ1n) is 5.31. The van der Waals surface area contributed by atoms with E-state index in [2.05, 4.69) is 33.1 Å². The molecule has 0 saturated carbocycles. The summed E-state index contributed by atoms with van der Waals surface area (Å²) in [5, 5.41) is 7.04. The Labute approximate surface area is 128 Å². The lowest BCUT2D eigenvalue weighted by atomic mass is 10.3. The number of nitrogens with zero attached hydrogens (tertiary/aromatic N) is 1. The molecule has 1 heterocycles. The van der Waals surface area contributed by atoms with Crippen LogP contribution in [0.3, 0.4) is 0 Å². The molecule has 0 aliphatic heterocycles. The summed E-state index contributed by atoms with van der Waals surface area (Å²) in [4.78, 5) is 12.0. The molecule has 100 valence electrons. The first-order valence-corrected chi connectivity index (χ1v) is 6.76. The monoisotopic (exact) mass is 392 g/mol. The van der Waals surface area contributed by atoms with Crippen LogP contribution in [-0.2, 0) is 11.3 Å². The molecule has 1 amide bonds. The Morgan fingerprint density at radius 2 is 2.32 bits per heavy atom. The second-order valence-corrected chi connectivity index (χ2v) is 5.29. The van der Waals surface area contributed by atoms with E-state index in [9.17, 15) is 4.79 Å². The van der Waals surface area contributed by atoms with Gasteiger partial charge in [0.2, 0.25) is 0 Å². The van der Waals surface area contributed by atoms with Crippen molar-refractivity contribution in [3.05, 3.63) is 44.3 Å². The van der Waals surface area contributed by atoms with Crippen molar-refractivity contribution in [1.82, 2.24) is 5.16 Å². The van der Waals surface area contributed by atoms with Crippen molar-refractivity contribution in [2.24, 2.45) is 0 Å². The van der Waals surface area contributed by atoms with Crippen LogP contribution in [0.5, 0.6) is 0 Å². The van der Waals surface area contributed by atoms with Gasteiger partial charge in [0.05, 0.1) is 5.69 Å². The maximum Gasteiger partial charge on any atom is 0.277 e. The van der Waals surface area contributed by atoms with Crippen LogP contribution < -0.4 is 5.32 Å². The van der Waals surface area contributed by atoms with Crippen LogP contribution in [-0.4, -0.2) is 18.2 Å². The molecule has 0 atom stereocenters. The fourth-order valence-corrected chi connectivity index (χ4v) is 2.41. The molecule has 0 saturated heterocycles. The van der Waals surface area contributed by atoms with Crippen LogP contribution in [0.1, 0.15) is 16.2 Å². The van der Waals surface area contributed by atoms with Gasteiger partial charge < -0.3 is 14.6 Å². The van der Waals surface area contributed by atoms with Gasteiger partial charge in [0.1, 0.15) is 6.61 Å². The highest BCUT2D eigenvalue weighted by atomic mass is 127. The van der Waals surface area contributed by atoms with Crippen LogP contribution in [0.2, 0.25) is 5.02 Å². The Bertz CT molecular complexity index is 600. The Hall–Kier alpha value is -1.12. The second-order valence-electron chi connectivity index (χ2n) is 3.69. The third-order valence-electron chi connectivity index (χ3n) is 2.26. The Morgan fingerprint density at radius 1 is 1.53 bits per heavy atom. The molecule has 1 aromatic heterocycles. The summed E-state index contributed by atoms with van der Waals surface area (Å²) < 4.78 is 10.7. The van der Waals surface area contributed by atoms with Crippen molar-refractivity contribution in [3.8, 4) is 0 Å². The molecule has 2 rings (SSSR count). The van der Waals surface area contributed by atoms with Crippen molar-refractivity contribution in [2.45, 2.75) is 6.61 Å². The molecular formula is C12H10ClIN2O3. The van der Waals surface area contributed by atoms with Gasteiger partial charge >= 0.3 is 0 Å². The highest BCUT2D eigenvalue weighted by molar-refractivity contribution is 14.1. The summed E-state index contributed by atoms with van der Waals surface area (Å²) in [6.45, 7) is 0.277. The van der Waals surface area contributed by atoms with Crippen LogP contribution in [0.15, 0.2) is 28.8 Å². The summed E-state index contributed by atoms with van der Waals surface area (Å²) in [6, 6.07) is 6.75. The van der Waals surface area contributed by atoms with Gasteiger partial charge in [0.25, 0.3) is 5.91 Å². The summed E-state index contributed by atoms with van der Waals surface area (Å²) >= 11 is 7.94. The Morgan fingerprint density at radius 3 is 3.00 bits per heavy atom. The number of carbonyl (C=O) groups is 1. The molecule has 19 heavy (non-hydrogen) atoms. The smallest absolute Gasteiger partial charge is 0.277 e. The van der Waals surface area contributed by atoms with Gasteiger partial charge in [0, 0.05) is 21.8 Å². The second kappa shape index (κ2) is 6.36. The molecule has 1 N–H and O–H groups in total. The van der Waals surface area contributed by atoms with Crippen molar-refractivity contribution in [1.29, 1.82) is 0 Å². The third kappa shape index (κ3) is 3.68. The summed E-state index contributed by atoms with van der Waals surface area (Å²) in [6.07, 6.45) is 0. The highest BCUT2D eigenvalue weighted by Gasteiger charge is 2.14. The zero-order valence-electron chi connectivity index (χ0n) is 9.94. The summed E-state index contributed by atoms with van der Waals surface area (Å²) in [5.74, 6) is 0.157. The van der Waals surface area contributed by atoms with Gasteiger partial charge in [0.15, 0.2) is 11.5 Å². The maximum absolute atomic E-state index is 12.0. The Kier molecular flexibility index (Phi) is 4.78. The SMILES string of the molecule is COCc1cc(C(=O)Nc2ccc(Cl)cc2I)no1. The molecule has 0 bridgehead atoms. The number of aromatic nitrogens is 1. The van der Waals surface area contributed by atoms with Gasteiger partial charge in [-0.05, 0) is 40.8 Å². The quantitative estimate of drug-likeness (QED) is 0.811. The molecule has 0 radical (unpaired) electrons. The van der Waals surface area contributed by atoms with Gasteiger partial charge in [-0.25, -0.2) is 0 Å². The summed E-state index contributed by atoms with van der Waals surface area (Å²) in [5.41, 5.74) is 0.879. The first-order chi connectivity index (χ1) is 9.10. The van der Waals surface area contributed by atoms with E-state index in [4.69, 9.17) is 20.9 Å². The van der Waals surface area contributed by atoms with Gasteiger partial charge in [-0.3, -0.25) is 4.79 Å². The van der Waals surface area contributed by atoms with E-state index in [0.717, 1.165) is 3.57 Å².